The van der Waals surface area contributed by atoms with E-state index in [1.807, 2.05) is 37.3 Å². The Morgan fingerprint density at radius 3 is 2.54 bits per heavy atom. The molecule has 7 heteroatoms. The minimum absolute atomic E-state index is 0.0224. The van der Waals surface area contributed by atoms with E-state index in [9.17, 15) is 18.0 Å². The van der Waals surface area contributed by atoms with E-state index >= 15 is 0 Å². The van der Waals surface area contributed by atoms with Gasteiger partial charge in [0.1, 0.15) is 0 Å². The Kier molecular flexibility index (Phi) is 6.36. The van der Waals surface area contributed by atoms with Crippen molar-refractivity contribution in [2.45, 2.75) is 32.2 Å². The summed E-state index contributed by atoms with van der Waals surface area (Å²) in [7, 11) is -3.04. The fraction of sp³-hybridized carbons (Fsp3) is 0.529. The summed E-state index contributed by atoms with van der Waals surface area (Å²) in [6.45, 7) is 2.18. The summed E-state index contributed by atoms with van der Waals surface area (Å²) < 4.78 is 23.1. The van der Waals surface area contributed by atoms with Gasteiger partial charge >= 0.3 is 0 Å². The summed E-state index contributed by atoms with van der Waals surface area (Å²) in [6, 6.07) is 9.41. The second-order valence-electron chi connectivity index (χ2n) is 6.00. The Morgan fingerprint density at radius 2 is 1.96 bits per heavy atom. The van der Waals surface area contributed by atoms with Crippen LogP contribution in [0.25, 0.3) is 0 Å². The van der Waals surface area contributed by atoms with Crippen LogP contribution in [0.15, 0.2) is 30.3 Å². The van der Waals surface area contributed by atoms with Gasteiger partial charge in [0, 0.05) is 19.0 Å². The molecule has 1 aromatic rings. The highest BCUT2D eigenvalue weighted by atomic mass is 32.2. The number of hydrogen-bond acceptors (Lipinski definition) is 4. The van der Waals surface area contributed by atoms with Crippen molar-refractivity contribution in [3.8, 4) is 0 Å². The average molecular weight is 352 g/mol. The van der Waals surface area contributed by atoms with Crippen LogP contribution in [0.2, 0.25) is 0 Å². The lowest BCUT2D eigenvalue weighted by molar-refractivity contribution is -0.134. The number of carbonyl (C=O) groups excluding carboxylic acids is 2. The van der Waals surface area contributed by atoms with Crippen LogP contribution in [0.3, 0.4) is 0 Å². The molecular weight excluding hydrogens is 328 g/mol. The molecule has 0 aliphatic carbocycles. The van der Waals surface area contributed by atoms with Crippen LogP contribution >= 0.6 is 0 Å². The minimum Gasteiger partial charge on any atom is -0.347 e. The van der Waals surface area contributed by atoms with E-state index in [0.717, 1.165) is 5.56 Å². The predicted molar refractivity (Wildman–Crippen MR) is 92.2 cm³/mol. The number of sulfone groups is 1. The molecule has 1 heterocycles. The van der Waals surface area contributed by atoms with Crippen molar-refractivity contribution in [3.05, 3.63) is 35.9 Å². The zero-order valence-electron chi connectivity index (χ0n) is 13.9. The molecule has 1 aliphatic rings. The van der Waals surface area contributed by atoms with Gasteiger partial charge in [-0.15, -0.1) is 0 Å². The molecule has 1 N–H and O–H groups in total. The van der Waals surface area contributed by atoms with E-state index in [4.69, 9.17) is 0 Å². The Labute approximate surface area is 143 Å². The van der Waals surface area contributed by atoms with Gasteiger partial charge in [-0.2, -0.15) is 0 Å². The van der Waals surface area contributed by atoms with E-state index in [-0.39, 0.29) is 35.9 Å². The first-order chi connectivity index (χ1) is 11.4. The molecule has 6 nitrogen and oxygen atoms in total. The molecule has 0 aromatic heterocycles. The van der Waals surface area contributed by atoms with Crippen LogP contribution in [0.1, 0.15) is 25.3 Å². The number of carbonyl (C=O) groups is 2. The lowest BCUT2D eigenvalue weighted by Crippen LogP contribution is -2.46. The maximum absolute atomic E-state index is 12.3. The monoisotopic (exact) mass is 352 g/mol. The third-order valence-corrected chi connectivity index (χ3v) is 5.98. The number of likely N-dealkylation sites (N-methyl/N-ethyl adjacent to an activating group) is 1. The molecule has 1 atom stereocenters. The molecule has 132 valence electrons. The van der Waals surface area contributed by atoms with Crippen molar-refractivity contribution in [1.29, 1.82) is 0 Å². The van der Waals surface area contributed by atoms with Gasteiger partial charge in [-0.1, -0.05) is 30.3 Å². The number of nitrogens with zero attached hydrogens (tertiary/aromatic N) is 1. The predicted octanol–water partition coefficient (Wildman–Crippen LogP) is 0.771. The molecule has 0 spiro atoms. The average Bonchev–Trinajstić information content (AvgIpc) is 2.92. The van der Waals surface area contributed by atoms with Crippen molar-refractivity contribution < 1.29 is 18.0 Å². The number of benzene rings is 1. The quantitative estimate of drug-likeness (QED) is 0.786. The van der Waals surface area contributed by atoms with E-state index < -0.39 is 9.84 Å². The van der Waals surface area contributed by atoms with Crippen LogP contribution in [-0.2, 0) is 25.8 Å². The van der Waals surface area contributed by atoms with Gasteiger partial charge in [-0.25, -0.2) is 8.42 Å². The van der Waals surface area contributed by atoms with Crippen LogP contribution in [0, 0.1) is 0 Å². The first-order valence-electron chi connectivity index (χ1n) is 8.22. The van der Waals surface area contributed by atoms with Gasteiger partial charge in [-0.05, 0) is 25.3 Å². The normalized spacial score (nSPS) is 19.0. The van der Waals surface area contributed by atoms with Crippen LogP contribution in [0.5, 0.6) is 0 Å². The zero-order valence-corrected chi connectivity index (χ0v) is 14.7. The van der Waals surface area contributed by atoms with E-state index in [2.05, 4.69) is 5.32 Å². The van der Waals surface area contributed by atoms with Gasteiger partial charge < -0.3 is 10.2 Å². The minimum atomic E-state index is -3.04. The van der Waals surface area contributed by atoms with E-state index in [1.54, 1.807) is 4.90 Å². The zero-order chi connectivity index (χ0) is 17.6. The molecule has 1 saturated heterocycles. The molecule has 0 bridgehead atoms. The summed E-state index contributed by atoms with van der Waals surface area (Å²) in [5, 5.41) is 2.63. The van der Waals surface area contributed by atoms with Gasteiger partial charge in [0.15, 0.2) is 9.84 Å². The molecule has 24 heavy (non-hydrogen) atoms. The summed E-state index contributed by atoms with van der Waals surface area (Å²) >= 11 is 0. The topological polar surface area (TPSA) is 83.6 Å². The third kappa shape index (κ3) is 5.33. The Bertz CT molecular complexity index is 673. The first kappa shape index (κ1) is 18.4. The number of nitrogens with one attached hydrogen (secondary N) is 1. The summed E-state index contributed by atoms with van der Waals surface area (Å²) in [5.41, 5.74) is 1.07. The maximum Gasteiger partial charge on any atom is 0.242 e. The van der Waals surface area contributed by atoms with Crippen molar-refractivity contribution in [2.75, 3.05) is 24.6 Å². The maximum atomic E-state index is 12.3. The Hall–Kier alpha value is -1.89. The van der Waals surface area contributed by atoms with Gasteiger partial charge in [0.05, 0.1) is 18.1 Å². The molecular formula is C17H24N2O4S. The fourth-order valence-corrected chi connectivity index (χ4v) is 4.66. The van der Waals surface area contributed by atoms with Gasteiger partial charge in [0.25, 0.3) is 0 Å². The summed E-state index contributed by atoms with van der Waals surface area (Å²) in [4.78, 5) is 25.7. The highest BCUT2D eigenvalue weighted by Crippen LogP contribution is 2.17. The molecule has 1 unspecified atom stereocenters. The van der Waals surface area contributed by atoms with Crippen molar-refractivity contribution in [1.82, 2.24) is 10.2 Å². The SMILES string of the molecule is CCN(C(=O)CNC(=O)CCc1ccccc1)C1CCS(=O)(=O)C1. The van der Waals surface area contributed by atoms with Crippen molar-refractivity contribution in [2.24, 2.45) is 0 Å². The fourth-order valence-electron chi connectivity index (χ4n) is 2.93. The van der Waals surface area contributed by atoms with E-state index in [0.29, 0.717) is 25.8 Å². The van der Waals surface area contributed by atoms with Gasteiger partial charge in [0.2, 0.25) is 11.8 Å². The number of hydrogen-bond donors (Lipinski definition) is 1. The number of amides is 2. The third-order valence-electron chi connectivity index (χ3n) is 4.23. The Morgan fingerprint density at radius 1 is 1.25 bits per heavy atom. The molecule has 0 saturated carbocycles. The summed E-state index contributed by atoms with van der Waals surface area (Å²) in [5.74, 6) is -0.255. The smallest absolute Gasteiger partial charge is 0.242 e. The highest BCUT2D eigenvalue weighted by Gasteiger charge is 2.33. The lowest BCUT2D eigenvalue weighted by Gasteiger charge is -2.27. The molecule has 1 aromatic carbocycles. The van der Waals surface area contributed by atoms with E-state index in [1.165, 1.54) is 0 Å². The molecule has 1 aliphatic heterocycles. The molecule has 2 rings (SSSR count). The number of aryl methyl sites for hydroxylation is 1. The molecule has 1 fully saturated rings. The standard InChI is InChI=1S/C17H24N2O4S/c1-2-19(15-10-11-24(22,23)13-15)17(21)12-18-16(20)9-8-14-6-4-3-5-7-14/h3-7,15H,2,8-13H2,1H3,(H,18,20). The van der Waals surface area contributed by atoms with Crippen molar-refractivity contribution in [3.63, 3.8) is 0 Å². The van der Waals surface area contributed by atoms with Crippen LogP contribution in [-0.4, -0.2) is 55.8 Å². The van der Waals surface area contributed by atoms with Crippen molar-refractivity contribution >= 4 is 21.7 Å². The second kappa shape index (κ2) is 8.28. The summed E-state index contributed by atoms with van der Waals surface area (Å²) in [6.07, 6.45) is 1.42. The Balaban J connectivity index is 1.77. The largest absolute Gasteiger partial charge is 0.347 e. The van der Waals surface area contributed by atoms with Crippen LogP contribution in [0.4, 0.5) is 0 Å². The molecule has 0 radical (unpaired) electrons. The highest BCUT2D eigenvalue weighted by molar-refractivity contribution is 7.91. The number of rotatable bonds is 7. The first-order valence-corrected chi connectivity index (χ1v) is 10.0. The van der Waals surface area contributed by atoms with Gasteiger partial charge in [-0.3, -0.25) is 9.59 Å². The van der Waals surface area contributed by atoms with Crippen LogP contribution < -0.4 is 5.32 Å². The second-order valence-corrected chi connectivity index (χ2v) is 8.23. The lowest BCUT2D eigenvalue weighted by atomic mass is 10.1. The molecule has 2 amide bonds.